The van der Waals surface area contributed by atoms with E-state index in [4.69, 9.17) is 9.84 Å². The first-order valence-corrected chi connectivity index (χ1v) is 5.02. The number of carboxylic acids is 1. The number of nitrogens with zero attached hydrogens (tertiary/aromatic N) is 1. The zero-order chi connectivity index (χ0) is 12.4. The fourth-order valence-corrected chi connectivity index (χ4v) is 1.65. The first-order chi connectivity index (χ1) is 8.06. The van der Waals surface area contributed by atoms with E-state index in [1.54, 1.807) is 0 Å². The van der Waals surface area contributed by atoms with Crippen LogP contribution in [0.5, 0.6) is 0 Å². The first kappa shape index (κ1) is 11.4. The van der Waals surface area contributed by atoms with Crippen LogP contribution in [0, 0.1) is 5.82 Å². The second-order valence-corrected chi connectivity index (χ2v) is 3.69. The summed E-state index contributed by atoms with van der Waals surface area (Å²) < 4.78 is 17.6. The van der Waals surface area contributed by atoms with Crippen LogP contribution in [0.15, 0.2) is 24.3 Å². The Morgan fingerprint density at radius 2 is 2.12 bits per heavy atom. The van der Waals surface area contributed by atoms with E-state index >= 15 is 0 Å². The topological polar surface area (TPSA) is 66.8 Å². The highest BCUT2D eigenvalue weighted by Crippen LogP contribution is 2.22. The summed E-state index contributed by atoms with van der Waals surface area (Å²) >= 11 is 0. The maximum atomic E-state index is 12.7. The highest BCUT2D eigenvalue weighted by molar-refractivity contribution is 5.90. The summed E-state index contributed by atoms with van der Waals surface area (Å²) in [5, 5.41) is 8.59. The molecule has 0 bridgehead atoms. The second kappa shape index (κ2) is 4.40. The molecule has 1 fully saturated rings. The molecule has 1 aromatic rings. The molecular formula is C11H10FNO4. The van der Waals surface area contributed by atoms with Crippen LogP contribution in [-0.2, 0) is 9.53 Å². The number of amides is 1. The minimum Gasteiger partial charge on any atom is -0.481 e. The van der Waals surface area contributed by atoms with Crippen molar-refractivity contribution in [1.29, 1.82) is 0 Å². The molecule has 6 heteroatoms. The van der Waals surface area contributed by atoms with Crippen LogP contribution >= 0.6 is 0 Å². The summed E-state index contributed by atoms with van der Waals surface area (Å²) in [5.74, 6) is -1.42. The number of aliphatic carboxylic acids is 1. The van der Waals surface area contributed by atoms with Gasteiger partial charge in [0.05, 0.1) is 13.0 Å². The molecular weight excluding hydrogens is 229 g/mol. The summed E-state index contributed by atoms with van der Waals surface area (Å²) in [6.07, 6.45) is -1.50. The number of halogens is 1. The van der Waals surface area contributed by atoms with Gasteiger partial charge in [0.15, 0.2) is 0 Å². The van der Waals surface area contributed by atoms with E-state index in [1.807, 2.05) is 0 Å². The average Bonchev–Trinajstić information content (AvgIpc) is 2.59. The molecule has 90 valence electrons. The SMILES string of the molecule is O=C(O)CC1CN(c2ccc(F)cc2)C(=O)O1. The molecule has 0 saturated carbocycles. The van der Waals surface area contributed by atoms with Gasteiger partial charge in [-0.05, 0) is 24.3 Å². The lowest BCUT2D eigenvalue weighted by atomic mass is 10.2. The van der Waals surface area contributed by atoms with Gasteiger partial charge in [-0.2, -0.15) is 0 Å². The molecule has 17 heavy (non-hydrogen) atoms. The summed E-state index contributed by atoms with van der Waals surface area (Å²) in [4.78, 5) is 23.2. The number of rotatable bonds is 3. The number of anilines is 1. The zero-order valence-electron chi connectivity index (χ0n) is 8.80. The Morgan fingerprint density at radius 1 is 1.47 bits per heavy atom. The Hall–Kier alpha value is -2.11. The van der Waals surface area contributed by atoms with Crippen LogP contribution in [0.1, 0.15) is 6.42 Å². The molecule has 1 heterocycles. The third-order valence-electron chi connectivity index (χ3n) is 2.41. The largest absolute Gasteiger partial charge is 0.481 e. The minimum absolute atomic E-state index is 0.163. The average molecular weight is 239 g/mol. The number of carbonyl (C=O) groups excluding carboxylic acids is 1. The smallest absolute Gasteiger partial charge is 0.414 e. The molecule has 0 radical (unpaired) electrons. The van der Waals surface area contributed by atoms with Crippen molar-refractivity contribution in [3.63, 3.8) is 0 Å². The third-order valence-corrected chi connectivity index (χ3v) is 2.41. The molecule has 1 aromatic carbocycles. The summed E-state index contributed by atoms with van der Waals surface area (Å²) in [5.41, 5.74) is 0.490. The minimum atomic E-state index is -1.02. The number of hydrogen-bond donors (Lipinski definition) is 1. The fourth-order valence-electron chi connectivity index (χ4n) is 1.65. The molecule has 0 aliphatic carbocycles. The highest BCUT2D eigenvalue weighted by atomic mass is 19.1. The summed E-state index contributed by atoms with van der Waals surface area (Å²) in [7, 11) is 0. The number of carbonyl (C=O) groups is 2. The Balaban J connectivity index is 2.10. The Morgan fingerprint density at radius 3 is 2.71 bits per heavy atom. The van der Waals surface area contributed by atoms with Gasteiger partial charge in [0.25, 0.3) is 0 Å². The molecule has 1 amide bonds. The van der Waals surface area contributed by atoms with Gasteiger partial charge in [-0.3, -0.25) is 9.69 Å². The van der Waals surface area contributed by atoms with Crippen molar-refractivity contribution >= 4 is 17.7 Å². The Kier molecular flexibility index (Phi) is 2.95. The molecule has 1 N–H and O–H groups in total. The van der Waals surface area contributed by atoms with Crippen LogP contribution in [0.4, 0.5) is 14.9 Å². The predicted octanol–water partition coefficient (Wildman–Crippen LogP) is 1.63. The number of carboxylic acid groups (broad SMARTS) is 1. The van der Waals surface area contributed by atoms with Gasteiger partial charge in [0.2, 0.25) is 0 Å². The lowest BCUT2D eigenvalue weighted by Gasteiger charge is -2.12. The molecule has 1 atom stereocenters. The molecule has 0 spiro atoms. The van der Waals surface area contributed by atoms with Crippen molar-refractivity contribution in [1.82, 2.24) is 0 Å². The van der Waals surface area contributed by atoms with Crippen molar-refractivity contribution in [2.45, 2.75) is 12.5 Å². The van der Waals surface area contributed by atoms with Crippen molar-refractivity contribution in [3.05, 3.63) is 30.1 Å². The molecule has 2 rings (SSSR count). The van der Waals surface area contributed by atoms with Gasteiger partial charge < -0.3 is 9.84 Å². The molecule has 1 saturated heterocycles. The third kappa shape index (κ3) is 2.52. The number of cyclic esters (lactones) is 1. The van der Waals surface area contributed by atoms with Crippen LogP contribution in [0.3, 0.4) is 0 Å². The molecule has 1 unspecified atom stereocenters. The number of ether oxygens (including phenoxy) is 1. The van der Waals surface area contributed by atoms with Crippen LogP contribution in [-0.4, -0.2) is 29.8 Å². The lowest BCUT2D eigenvalue weighted by Crippen LogP contribution is -2.25. The summed E-state index contributed by atoms with van der Waals surface area (Å²) in [6.45, 7) is 0.163. The van der Waals surface area contributed by atoms with Crippen LogP contribution in [0.25, 0.3) is 0 Å². The van der Waals surface area contributed by atoms with E-state index in [0.29, 0.717) is 5.69 Å². The van der Waals surface area contributed by atoms with Crippen molar-refractivity contribution in [3.8, 4) is 0 Å². The van der Waals surface area contributed by atoms with Gasteiger partial charge >= 0.3 is 12.1 Å². The maximum Gasteiger partial charge on any atom is 0.414 e. The van der Waals surface area contributed by atoms with Gasteiger partial charge in [-0.1, -0.05) is 0 Å². The van der Waals surface area contributed by atoms with Crippen LogP contribution < -0.4 is 4.90 Å². The standard InChI is InChI=1S/C11H10FNO4/c12-7-1-3-8(4-2-7)13-6-9(5-10(14)15)17-11(13)16/h1-4,9H,5-6H2,(H,14,15). The monoisotopic (exact) mass is 239 g/mol. The van der Waals surface area contributed by atoms with Gasteiger partial charge in [-0.15, -0.1) is 0 Å². The van der Waals surface area contributed by atoms with E-state index in [9.17, 15) is 14.0 Å². The van der Waals surface area contributed by atoms with Crippen LogP contribution in [0.2, 0.25) is 0 Å². The fraction of sp³-hybridized carbons (Fsp3) is 0.273. The number of benzene rings is 1. The lowest BCUT2D eigenvalue weighted by molar-refractivity contribution is -0.138. The predicted molar refractivity (Wildman–Crippen MR) is 56.3 cm³/mol. The quantitative estimate of drug-likeness (QED) is 0.870. The Labute approximate surface area is 96.4 Å². The van der Waals surface area contributed by atoms with E-state index < -0.39 is 24.0 Å². The van der Waals surface area contributed by atoms with E-state index in [2.05, 4.69) is 0 Å². The number of hydrogen-bond acceptors (Lipinski definition) is 3. The van der Waals surface area contributed by atoms with E-state index in [-0.39, 0.29) is 13.0 Å². The van der Waals surface area contributed by atoms with Gasteiger partial charge in [-0.25, -0.2) is 9.18 Å². The molecule has 0 aromatic heterocycles. The molecule has 5 nitrogen and oxygen atoms in total. The maximum absolute atomic E-state index is 12.7. The summed E-state index contributed by atoms with van der Waals surface area (Å²) in [6, 6.07) is 5.35. The zero-order valence-corrected chi connectivity index (χ0v) is 8.80. The van der Waals surface area contributed by atoms with E-state index in [1.165, 1.54) is 29.2 Å². The van der Waals surface area contributed by atoms with Gasteiger partial charge in [0.1, 0.15) is 11.9 Å². The van der Waals surface area contributed by atoms with Gasteiger partial charge in [0, 0.05) is 5.69 Å². The van der Waals surface area contributed by atoms with Crippen molar-refractivity contribution in [2.75, 3.05) is 11.4 Å². The van der Waals surface area contributed by atoms with Crippen molar-refractivity contribution in [2.24, 2.45) is 0 Å². The first-order valence-electron chi connectivity index (χ1n) is 5.02. The second-order valence-electron chi connectivity index (χ2n) is 3.69. The van der Waals surface area contributed by atoms with Crippen molar-refractivity contribution < 1.29 is 23.8 Å². The van der Waals surface area contributed by atoms with E-state index in [0.717, 1.165) is 0 Å². The molecule has 1 aliphatic rings. The highest BCUT2D eigenvalue weighted by Gasteiger charge is 2.33. The Bertz CT molecular complexity index is 445. The molecule has 1 aliphatic heterocycles. The normalized spacial score (nSPS) is 19.2.